The molecule has 1 aromatic carbocycles. The van der Waals surface area contributed by atoms with Crippen LogP contribution in [-0.4, -0.2) is 25.3 Å². The Morgan fingerprint density at radius 2 is 2.00 bits per heavy atom. The van der Waals surface area contributed by atoms with Crippen molar-refractivity contribution in [2.45, 2.75) is 51.7 Å². The summed E-state index contributed by atoms with van der Waals surface area (Å²) in [5.41, 5.74) is 1.25. The van der Waals surface area contributed by atoms with E-state index in [1.54, 1.807) is 0 Å². The molecule has 0 spiro atoms. The average molecular weight is 330 g/mol. The molecule has 1 atom stereocenters. The molecule has 1 aliphatic carbocycles. The summed E-state index contributed by atoms with van der Waals surface area (Å²) in [6.45, 7) is 6.05. The van der Waals surface area contributed by atoms with E-state index in [4.69, 9.17) is 27.9 Å². The second-order valence-corrected chi connectivity index (χ2v) is 6.67. The maximum absolute atomic E-state index is 6.10. The topological polar surface area (TPSA) is 21.3 Å². The fraction of sp³-hybridized carbons (Fsp3) is 0.647. The highest BCUT2D eigenvalue weighted by Crippen LogP contribution is 2.34. The molecular formula is C17H25Cl2NO. The highest BCUT2D eigenvalue weighted by molar-refractivity contribution is 6.42. The molecule has 0 saturated heterocycles. The van der Waals surface area contributed by atoms with Crippen molar-refractivity contribution in [3.8, 4) is 0 Å². The van der Waals surface area contributed by atoms with Gasteiger partial charge in [-0.2, -0.15) is 0 Å². The Morgan fingerprint density at radius 3 is 2.62 bits per heavy atom. The van der Waals surface area contributed by atoms with Crippen LogP contribution in [0.1, 0.15) is 38.7 Å². The zero-order valence-corrected chi connectivity index (χ0v) is 14.4. The van der Waals surface area contributed by atoms with Gasteiger partial charge >= 0.3 is 0 Å². The lowest BCUT2D eigenvalue weighted by atomic mass is 9.77. The van der Waals surface area contributed by atoms with Crippen molar-refractivity contribution in [2.75, 3.05) is 13.2 Å². The summed E-state index contributed by atoms with van der Waals surface area (Å²) in [7, 11) is 0. The summed E-state index contributed by atoms with van der Waals surface area (Å²) < 4.78 is 5.64. The summed E-state index contributed by atoms with van der Waals surface area (Å²) >= 11 is 12.1. The Kier molecular flexibility index (Phi) is 6.81. The molecule has 1 N–H and O–H groups in total. The number of halogens is 2. The number of hydrogen-bond acceptors (Lipinski definition) is 2. The summed E-state index contributed by atoms with van der Waals surface area (Å²) in [6.07, 6.45) is 5.11. The number of rotatable bonds is 8. The number of likely N-dealkylation sites (N-methyl/N-ethyl adjacent to an activating group) is 1. The molecule has 1 saturated carbocycles. The smallest absolute Gasteiger partial charge is 0.0595 e. The maximum atomic E-state index is 6.10. The van der Waals surface area contributed by atoms with Crippen molar-refractivity contribution >= 4 is 23.2 Å². The van der Waals surface area contributed by atoms with Gasteiger partial charge in [-0.3, -0.25) is 0 Å². The van der Waals surface area contributed by atoms with Crippen molar-refractivity contribution in [3.63, 3.8) is 0 Å². The van der Waals surface area contributed by atoms with E-state index in [1.807, 2.05) is 12.1 Å². The number of hydrogen-bond donors (Lipinski definition) is 1. The first-order valence-electron chi connectivity index (χ1n) is 7.91. The van der Waals surface area contributed by atoms with Crippen LogP contribution in [0.15, 0.2) is 18.2 Å². The Labute approximate surface area is 138 Å². The first-order chi connectivity index (χ1) is 10.1. The zero-order chi connectivity index (χ0) is 15.2. The number of benzene rings is 1. The van der Waals surface area contributed by atoms with Crippen LogP contribution in [0.2, 0.25) is 10.0 Å². The molecule has 0 radical (unpaired) electrons. The fourth-order valence-electron chi connectivity index (χ4n) is 3.12. The highest BCUT2D eigenvalue weighted by atomic mass is 35.5. The minimum Gasteiger partial charge on any atom is -0.378 e. The molecule has 1 fully saturated rings. The Balaban J connectivity index is 1.85. The Hall–Kier alpha value is -0.280. The number of nitrogens with one attached hydrogen (secondary N) is 1. The largest absolute Gasteiger partial charge is 0.378 e. The van der Waals surface area contributed by atoms with Crippen LogP contribution in [0, 0.1) is 5.92 Å². The Bertz CT molecular complexity index is 446. The van der Waals surface area contributed by atoms with Crippen molar-refractivity contribution < 1.29 is 4.74 Å². The molecule has 0 aliphatic heterocycles. The molecule has 0 aromatic heterocycles. The SMILES string of the molecule is CCNC(Cc1ccc(Cl)c(Cl)c1)CC1CC(OCC)C1. The van der Waals surface area contributed by atoms with Crippen molar-refractivity contribution in [1.82, 2.24) is 5.32 Å². The second-order valence-electron chi connectivity index (χ2n) is 5.86. The highest BCUT2D eigenvalue weighted by Gasteiger charge is 2.31. The maximum Gasteiger partial charge on any atom is 0.0595 e. The van der Waals surface area contributed by atoms with Gasteiger partial charge in [-0.1, -0.05) is 36.2 Å². The van der Waals surface area contributed by atoms with Crippen LogP contribution < -0.4 is 5.32 Å². The first-order valence-corrected chi connectivity index (χ1v) is 8.66. The fourth-order valence-corrected chi connectivity index (χ4v) is 3.44. The lowest BCUT2D eigenvalue weighted by molar-refractivity contribution is -0.0289. The van der Waals surface area contributed by atoms with E-state index < -0.39 is 0 Å². The van der Waals surface area contributed by atoms with Gasteiger partial charge in [0, 0.05) is 12.6 Å². The monoisotopic (exact) mass is 329 g/mol. The molecule has 1 aromatic rings. The van der Waals surface area contributed by atoms with E-state index in [2.05, 4.69) is 25.2 Å². The molecular weight excluding hydrogens is 305 g/mol. The molecule has 1 unspecified atom stereocenters. The van der Waals surface area contributed by atoms with Crippen LogP contribution in [0.25, 0.3) is 0 Å². The van der Waals surface area contributed by atoms with Crippen LogP contribution in [0.3, 0.4) is 0 Å². The molecule has 1 aliphatic rings. The van der Waals surface area contributed by atoms with Crippen LogP contribution in [0.5, 0.6) is 0 Å². The zero-order valence-electron chi connectivity index (χ0n) is 12.9. The van der Waals surface area contributed by atoms with Gasteiger partial charge in [-0.05, 0) is 62.8 Å². The standard InChI is InChI=1S/C17H25Cl2NO/c1-3-20-14(8-13-9-15(10-13)21-4-2)7-12-5-6-16(18)17(19)11-12/h5-6,11,13-15,20H,3-4,7-10H2,1-2H3. The summed E-state index contributed by atoms with van der Waals surface area (Å²) in [6, 6.07) is 6.44. The van der Waals surface area contributed by atoms with E-state index in [0.29, 0.717) is 22.2 Å². The quantitative estimate of drug-likeness (QED) is 0.745. The van der Waals surface area contributed by atoms with Gasteiger partial charge in [0.25, 0.3) is 0 Å². The average Bonchev–Trinajstić information content (AvgIpc) is 2.41. The second kappa shape index (κ2) is 8.38. The van der Waals surface area contributed by atoms with E-state index in [9.17, 15) is 0 Å². The van der Waals surface area contributed by atoms with E-state index in [0.717, 1.165) is 25.5 Å². The normalized spacial score (nSPS) is 22.9. The minimum absolute atomic E-state index is 0.493. The van der Waals surface area contributed by atoms with Gasteiger partial charge in [-0.25, -0.2) is 0 Å². The molecule has 4 heteroatoms. The van der Waals surface area contributed by atoms with Crippen LogP contribution in [-0.2, 0) is 11.2 Å². The molecule has 118 valence electrons. The van der Waals surface area contributed by atoms with Gasteiger partial charge in [0.05, 0.1) is 16.1 Å². The van der Waals surface area contributed by atoms with E-state index in [1.165, 1.54) is 24.8 Å². The first kappa shape index (κ1) is 17.1. The van der Waals surface area contributed by atoms with Crippen molar-refractivity contribution in [2.24, 2.45) is 5.92 Å². The van der Waals surface area contributed by atoms with E-state index >= 15 is 0 Å². The van der Waals surface area contributed by atoms with Gasteiger partial charge in [-0.15, -0.1) is 0 Å². The number of ether oxygens (including phenoxy) is 1. The third-order valence-electron chi connectivity index (χ3n) is 4.17. The van der Waals surface area contributed by atoms with Gasteiger partial charge in [0.1, 0.15) is 0 Å². The lowest BCUT2D eigenvalue weighted by Crippen LogP contribution is -2.39. The molecule has 0 heterocycles. The molecule has 21 heavy (non-hydrogen) atoms. The van der Waals surface area contributed by atoms with Crippen LogP contribution in [0.4, 0.5) is 0 Å². The molecule has 2 rings (SSSR count). The van der Waals surface area contributed by atoms with Crippen molar-refractivity contribution in [3.05, 3.63) is 33.8 Å². The Morgan fingerprint density at radius 1 is 1.24 bits per heavy atom. The predicted octanol–water partition coefficient (Wildman–Crippen LogP) is 4.72. The summed E-state index contributed by atoms with van der Waals surface area (Å²) in [4.78, 5) is 0. The summed E-state index contributed by atoms with van der Waals surface area (Å²) in [5.74, 6) is 0.786. The predicted molar refractivity (Wildman–Crippen MR) is 90.4 cm³/mol. The lowest BCUT2D eigenvalue weighted by Gasteiger charge is -2.37. The molecule has 2 nitrogen and oxygen atoms in total. The third-order valence-corrected chi connectivity index (χ3v) is 4.91. The summed E-state index contributed by atoms with van der Waals surface area (Å²) in [5, 5.41) is 4.86. The van der Waals surface area contributed by atoms with Gasteiger partial charge in [0.2, 0.25) is 0 Å². The van der Waals surface area contributed by atoms with Gasteiger partial charge < -0.3 is 10.1 Å². The third kappa shape index (κ3) is 5.14. The van der Waals surface area contributed by atoms with Crippen molar-refractivity contribution in [1.29, 1.82) is 0 Å². The van der Waals surface area contributed by atoms with Gasteiger partial charge in [0.15, 0.2) is 0 Å². The molecule has 0 bridgehead atoms. The van der Waals surface area contributed by atoms with Crippen LogP contribution >= 0.6 is 23.2 Å². The molecule has 0 amide bonds. The minimum atomic E-state index is 0.493. The van der Waals surface area contributed by atoms with E-state index in [-0.39, 0.29) is 0 Å².